The smallest absolute Gasteiger partial charge is 0.161 e. The molecule has 0 saturated heterocycles. The molecule has 0 amide bonds. The molecule has 148 heavy (non-hydrogen) atoms. The first-order valence-corrected chi connectivity index (χ1v) is 52.1. The number of rotatable bonds is 16. The van der Waals surface area contributed by atoms with Gasteiger partial charge in [0, 0.05) is 196 Å². The molecule has 28 rings (SSSR count). The molecule has 0 unspecified atom stereocenters. The number of thiophene rings is 4. The molecule has 0 atom stereocenters. The van der Waals surface area contributed by atoms with Gasteiger partial charge >= 0.3 is 0 Å². The average Bonchev–Trinajstić information content (AvgIpc) is 1.66. The fourth-order valence-electron chi connectivity index (χ4n) is 19.2. The van der Waals surface area contributed by atoms with Gasteiger partial charge in [0.25, 0.3) is 0 Å². The van der Waals surface area contributed by atoms with Crippen LogP contribution in [-0.4, -0.2) is 59.8 Å². The summed E-state index contributed by atoms with van der Waals surface area (Å²) in [5.74, 6) is 2.83. The second-order valence-corrected chi connectivity index (χ2v) is 39.8. The summed E-state index contributed by atoms with van der Waals surface area (Å²) in [5.41, 5.74) is 28.3. The lowest BCUT2D eigenvalue weighted by Gasteiger charge is -2.13. The van der Waals surface area contributed by atoms with Gasteiger partial charge in [0.2, 0.25) is 0 Å². The van der Waals surface area contributed by atoms with Crippen LogP contribution in [0.3, 0.4) is 0 Å². The van der Waals surface area contributed by atoms with Gasteiger partial charge in [-0.2, -0.15) is 0 Å². The zero-order chi connectivity index (χ0) is 98.4. The van der Waals surface area contributed by atoms with E-state index in [0.717, 1.165) is 157 Å². The predicted molar refractivity (Wildman–Crippen MR) is 618 cm³/mol. The van der Waals surface area contributed by atoms with Crippen molar-refractivity contribution in [3.05, 3.63) is 510 Å². The Balaban J connectivity index is 0.000000103. The standard InChI is InChI=1S/4C33H21N3S/c1-2-8-23(9-3-1)29-20-30(28-13-6-12-27-26-11-4-5-14-31(26)37-32(27)28)36-33(35-29)24-17-15-22(16-18-24)25-10-7-19-34-21-25;1-2-11-22(12-3-1)29-21-30(27-17-10-16-25-24-14-6-7-19-31(24)37-32(25)27)36-33(35-29)26-15-5-4-13-23(26)28-18-8-9-20-34-28;1-2-9-22(10-3-1)29-21-30(27-13-8-12-26-25-11-4-5-15-31(25)37-32(26)27)36-33(35-29)24-18-16-23(17-19-24)28-14-6-7-20-34-28;1-2-9-23(10-3-1)29-21-30(28-15-8-14-26-25-12-6-7-16-31(25)37-32(26)28)36-33(35-29)27-13-5-4-11-24(27)22-17-19-34-20-18-22/h4*1-21H. The minimum absolute atomic E-state index is 0.690. The van der Waals surface area contributed by atoms with Gasteiger partial charge in [0.1, 0.15) is 0 Å². The molecular weight excluding hydrogens is 1880 g/mol. The number of aromatic nitrogens is 12. The van der Waals surface area contributed by atoms with Crippen molar-refractivity contribution in [1.82, 2.24) is 59.8 Å². The highest BCUT2D eigenvalue weighted by Gasteiger charge is 2.24. The van der Waals surface area contributed by atoms with Crippen LogP contribution in [-0.2, 0) is 0 Å². The number of fused-ring (bicyclic) bond motifs is 12. The molecule has 0 bridgehead atoms. The van der Waals surface area contributed by atoms with Gasteiger partial charge in [-0.05, 0) is 113 Å². The summed E-state index contributed by atoms with van der Waals surface area (Å²) in [4.78, 5) is 58.3. The molecule has 0 N–H and O–H groups in total. The van der Waals surface area contributed by atoms with Crippen molar-refractivity contribution in [2.45, 2.75) is 0 Å². The van der Waals surface area contributed by atoms with Crippen LogP contribution in [0.15, 0.2) is 510 Å². The molecule has 0 fully saturated rings. The van der Waals surface area contributed by atoms with E-state index in [1.54, 1.807) is 6.20 Å². The molecule has 0 spiro atoms. The summed E-state index contributed by atoms with van der Waals surface area (Å²) in [7, 11) is 0. The van der Waals surface area contributed by atoms with Crippen LogP contribution in [0, 0.1) is 0 Å². The summed E-state index contributed by atoms with van der Waals surface area (Å²) in [6.45, 7) is 0. The molecule has 0 aliphatic heterocycles. The molecule has 12 aromatic heterocycles. The highest BCUT2D eigenvalue weighted by atomic mass is 32.1. The summed E-state index contributed by atoms with van der Waals surface area (Å²) in [5, 5.41) is 10.2. The van der Waals surface area contributed by atoms with E-state index >= 15 is 0 Å². The first-order chi connectivity index (χ1) is 73.4. The zero-order valence-corrected chi connectivity index (χ0v) is 82.8. The van der Waals surface area contributed by atoms with Crippen molar-refractivity contribution in [3.8, 4) is 180 Å². The second kappa shape index (κ2) is 41.0. The molecule has 28 aromatic rings. The second-order valence-electron chi connectivity index (χ2n) is 35.6. The van der Waals surface area contributed by atoms with Gasteiger partial charge in [-0.3, -0.25) is 19.9 Å². The van der Waals surface area contributed by atoms with Crippen LogP contribution < -0.4 is 0 Å². The largest absolute Gasteiger partial charge is 0.265 e. The fraction of sp³-hybridized carbons (Fsp3) is 0. The van der Waals surface area contributed by atoms with E-state index < -0.39 is 0 Å². The Bertz CT molecular complexity index is 9140. The molecule has 0 saturated carbocycles. The molecule has 0 aliphatic carbocycles. The summed E-state index contributed by atoms with van der Waals surface area (Å²) in [6, 6.07) is 163. The molecule has 16 aromatic carbocycles. The van der Waals surface area contributed by atoms with Crippen LogP contribution in [0.2, 0.25) is 0 Å². The minimum Gasteiger partial charge on any atom is -0.265 e. The SMILES string of the molecule is c1ccc(-c2cc(-c3cccc4c3sc3ccccc34)nc(-c3ccc(-c4ccccn4)cc3)n2)cc1.c1ccc(-c2cc(-c3cccc4c3sc3ccccc34)nc(-c3ccc(-c4cccnc4)cc3)n2)cc1.c1ccc(-c2cc(-c3cccc4c3sc3ccccc34)nc(-c3ccccc3-c3ccccn3)n2)cc1.c1ccc(-c2cc(-c3cccc4c3sc3ccccc34)nc(-c3ccccc3-c3ccncc3)n2)cc1. The van der Waals surface area contributed by atoms with Crippen LogP contribution in [0.1, 0.15) is 0 Å². The maximum absolute atomic E-state index is 5.19. The molecule has 696 valence electrons. The maximum atomic E-state index is 5.19. The normalized spacial score (nSPS) is 11.2. The van der Waals surface area contributed by atoms with Crippen LogP contribution in [0.4, 0.5) is 0 Å². The van der Waals surface area contributed by atoms with Crippen LogP contribution in [0.25, 0.3) is 261 Å². The van der Waals surface area contributed by atoms with Crippen molar-refractivity contribution in [2.24, 2.45) is 0 Å². The van der Waals surface area contributed by atoms with Gasteiger partial charge in [0.15, 0.2) is 23.3 Å². The van der Waals surface area contributed by atoms with Crippen LogP contribution in [0.5, 0.6) is 0 Å². The average molecular weight is 1970 g/mol. The third-order valence-electron chi connectivity index (χ3n) is 26.4. The monoisotopic (exact) mass is 1960 g/mol. The van der Waals surface area contributed by atoms with E-state index in [-0.39, 0.29) is 0 Å². The van der Waals surface area contributed by atoms with E-state index in [0.29, 0.717) is 23.3 Å². The number of benzene rings is 16. The van der Waals surface area contributed by atoms with Crippen LogP contribution >= 0.6 is 45.3 Å². The van der Waals surface area contributed by atoms with Gasteiger partial charge in [0.05, 0.1) is 56.9 Å². The Morgan fingerprint density at radius 3 is 0.777 bits per heavy atom. The van der Waals surface area contributed by atoms with Crippen molar-refractivity contribution in [1.29, 1.82) is 0 Å². The zero-order valence-electron chi connectivity index (χ0n) is 79.5. The quantitative estimate of drug-likeness (QED) is 0.0904. The predicted octanol–water partition coefficient (Wildman–Crippen LogP) is 35.6. The van der Waals surface area contributed by atoms with Crippen molar-refractivity contribution >= 4 is 126 Å². The van der Waals surface area contributed by atoms with Crippen molar-refractivity contribution in [2.75, 3.05) is 0 Å². The lowest BCUT2D eigenvalue weighted by Crippen LogP contribution is -1.98. The first kappa shape index (κ1) is 90.6. The van der Waals surface area contributed by atoms with E-state index in [2.05, 4.69) is 360 Å². The van der Waals surface area contributed by atoms with E-state index in [1.807, 2.05) is 210 Å². The Kier molecular flexibility index (Phi) is 25.1. The van der Waals surface area contributed by atoms with E-state index in [4.69, 9.17) is 39.9 Å². The first-order valence-electron chi connectivity index (χ1n) is 48.8. The summed E-state index contributed by atoms with van der Waals surface area (Å²) < 4.78 is 10.1. The number of hydrogen-bond donors (Lipinski definition) is 0. The maximum Gasteiger partial charge on any atom is 0.161 e. The summed E-state index contributed by atoms with van der Waals surface area (Å²) in [6.07, 6.45) is 10.9. The molecule has 0 aliphatic rings. The number of nitrogens with zero attached hydrogens (tertiary/aromatic N) is 12. The van der Waals surface area contributed by atoms with Crippen molar-refractivity contribution in [3.63, 3.8) is 0 Å². The van der Waals surface area contributed by atoms with Gasteiger partial charge in [-0.25, -0.2) is 39.9 Å². The van der Waals surface area contributed by atoms with Crippen molar-refractivity contribution < 1.29 is 0 Å². The fourth-order valence-corrected chi connectivity index (χ4v) is 24.1. The Labute approximate surface area is 869 Å². The lowest BCUT2D eigenvalue weighted by atomic mass is 9.99. The Hall–Kier alpha value is -18.7. The highest BCUT2D eigenvalue weighted by Crippen LogP contribution is 2.48. The molecule has 16 heteroatoms. The van der Waals surface area contributed by atoms with Gasteiger partial charge in [-0.15, -0.1) is 45.3 Å². The number of pyridine rings is 4. The van der Waals surface area contributed by atoms with E-state index in [1.165, 1.54) is 80.7 Å². The summed E-state index contributed by atoms with van der Waals surface area (Å²) >= 11 is 7.27. The minimum atomic E-state index is 0.690. The molecule has 0 radical (unpaired) electrons. The Morgan fingerprint density at radius 2 is 0.412 bits per heavy atom. The third kappa shape index (κ3) is 18.5. The Morgan fingerprint density at radius 1 is 0.135 bits per heavy atom. The van der Waals surface area contributed by atoms with Gasteiger partial charge < -0.3 is 0 Å². The topological polar surface area (TPSA) is 155 Å². The number of hydrogen-bond acceptors (Lipinski definition) is 16. The molecule has 12 nitrogen and oxygen atoms in total. The lowest BCUT2D eigenvalue weighted by molar-refractivity contribution is 1.18. The highest BCUT2D eigenvalue weighted by molar-refractivity contribution is 7.27. The molecular formula is C132H84N12S4. The van der Waals surface area contributed by atoms with Gasteiger partial charge in [-0.1, -0.05) is 382 Å². The van der Waals surface area contributed by atoms with E-state index in [9.17, 15) is 0 Å². The molecule has 12 heterocycles. The third-order valence-corrected chi connectivity index (χ3v) is 31.3.